The Morgan fingerprint density at radius 2 is 1.13 bits per heavy atom. The first-order valence-electron chi connectivity index (χ1n) is 19.3. The minimum Gasteiger partial charge on any atom is -0.508 e. The molecular weight excluding hydrogens is 830 g/mol. The van der Waals surface area contributed by atoms with E-state index in [2.05, 4.69) is 63.9 Å². The predicted octanol–water partition coefficient (Wildman–Crippen LogP) is 15.0. The van der Waals surface area contributed by atoms with Gasteiger partial charge < -0.3 is 19.4 Å². The van der Waals surface area contributed by atoms with Gasteiger partial charge in [0.25, 0.3) is 0 Å². The highest BCUT2D eigenvalue weighted by atomic mass is 35.5. The Kier molecular flexibility index (Phi) is 13.9. The number of rotatable bonds is 11. The number of H-pyrrole nitrogens is 1. The maximum atomic E-state index is 9.40. The van der Waals surface area contributed by atoms with Crippen molar-refractivity contribution in [1.29, 1.82) is 0 Å². The van der Waals surface area contributed by atoms with E-state index in [1.165, 1.54) is 5.56 Å². The van der Waals surface area contributed by atoms with Crippen molar-refractivity contribution in [2.45, 2.75) is 20.4 Å². The second-order valence-corrected chi connectivity index (χ2v) is 15.3. The summed E-state index contributed by atoms with van der Waals surface area (Å²) in [5, 5.41) is 11.8. The fraction of sp³-hybridized carbons (Fsp3) is 0.0800. The van der Waals surface area contributed by atoms with Crippen LogP contribution in [0.3, 0.4) is 0 Å². The van der Waals surface area contributed by atoms with Crippen LogP contribution in [0.5, 0.6) is 11.5 Å². The van der Waals surface area contributed by atoms with E-state index in [4.69, 9.17) is 56.1 Å². The number of aromatic hydroxyl groups is 1. The molecule has 6 nitrogen and oxygen atoms in total. The van der Waals surface area contributed by atoms with Gasteiger partial charge in [-0.1, -0.05) is 131 Å². The minimum absolute atomic E-state index is 0.265. The lowest BCUT2D eigenvalue weighted by Gasteiger charge is -2.05. The van der Waals surface area contributed by atoms with Crippen LogP contribution in [0.2, 0.25) is 20.1 Å². The first-order valence-corrected chi connectivity index (χ1v) is 20.8. The Balaban J connectivity index is 0.000000183. The maximum absolute atomic E-state index is 9.40. The van der Waals surface area contributed by atoms with E-state index in [9.17, 15) is 5.11 Å². The molecule has 0 aliphatic carbocycles. The summed E-state index contributed by atoms with van der Waals surface area (Å²) in [6, 6.07) is 42.8. The number of phenols is 1. The molecule has 0 saturated carbocycles. The van der Waals surface area contributed by atoms with Gasteiger partial charge in [0.2, 0.25) is 0 Å². The van der Waals surface area contributed by atoms with Gasteiger partial charge in [-0.2, -0.15) is 0 Å². The van der Waals surface area contributed by atoms with Crippen molar-refractivity contribution in [3.8, 4) is 56.3 Å². The number of aromatic amines is 1. The molecule has 0 bridgehead atoms. The van der Waals surface area contributed by atoms with Gasteiger partial charge in [0.05, 0.1) is 34.2 Å². The topological polar surface area (TPSA) is 76.0 Å². The number of nitrogens with zero attached hydrogens (tertiary/aromatic N) is 3. The highest BCUT2D eigenvalue weighted by molar-refractivity contribution is 6.37. The Hall–Kier alpha value is -6.02. The molecule has 0 aliphatic heterocycles. The van der Waals surface area contributed by atoms with Crippen molar-refractivity contribution >= 4 is 70.7 Å². The summed E-state index contributed by atoms with van der Waals surface area (Å²) in [5.41, 5.74) is 10.0. The zero-order chi connectivity index (χ0) is 42.0. The van der Waals surface area contributed by atoms with E-state index >= 15 is 0 Å². The predicted molar refractivity (Wildman–Crippen MR) is 252 cm³/mol. The lowest BCUT2D eigenvalue weighted by atomic mass is 10.0. The van der Waals surface area contributed by atoms with Crippen molar-refractivity contribution in [2.75, 3.05) is 6.61 Å². The zero-order valence-corrected chi connectivity index (χ0v) is 35.8. The average molecular weight is 871 g/mol. The third kappa shape index (κ3) is 10.8. The van der Waals surface area contributed by atoms with Crippen LogP contribution in [0.1, 0.15) is 36.6 Å². The normalized spacial score (nSPS) is 11.2. The number of aryl methyl sites for hydroxylation is 1. The first kappa shape index (κ1) is 42.1. The van der Waals surface area contributed by atoms with Crippen LogP contribution in [0.15, 0.2) is 146 Å². The fourth-order valence-corrected chi connectivity index (χ4v) is 7.41. The lowest BCUT2D eigenvalue weighted by molar-refractivity contribution is 0.340. The summed E-state index contributed by atoms with van der Waals surface area (Å²) in [6.45, 7) is 5.57. The van der Waals surface area contributed by atoms with Gasteiger partial charge in [-0.3, -0.25) is 0 Å². The van der Waals surface area contributed by atoms with Gasteiger partial charge in [-0.05, 0) is 120 Å². The summed E-state index contributed by atoms with van der Waals surface area (Å²) < 4.78 is 7.62. The molecule has 300 valence electrons. The molecule has 0 aliphatic rings. The first-order chi connectivity index (χ1) is 29.1. The Morgan fingerprint density at radius 1 is 0.617 bits per heavy atom. The van der Waals surface area contributed by atoms with Crippen LogP contribution in [0.4, 0.5) is 0 Å². The van der Waals surface area contributed by atoms with Gasteiger partial charge >= 0.3 is 0 Å². The molecule has 0 saturated heterocycles. The molecule has 0 atom stereocenters. The van der Waals surface area contributed by atoms with Gasteiger partial charge in [0, 0.05) is 33.9 Å². The molecule has 6 aromatic carbocycles. The molecule has 0 spiro atoms. The number of halogens is 4. The van der Waals surface area contributed by atoms with Crippen LogP contribution < -0.4 is 4.74 Å². The SMILES string of the molecule is CCOc1ccc(-c2ccc(/C=C/c3nc(-c4ccc(Cl)cc4Cl)cn3CC)cc2)cc1.Oc1ccc(-c2ccc(/C=C/c3ncc(-c4ccc(Cl)cc4Cl)[nH]3)cc2)cc1. The van der Waals surface area contributed by atoms with E-state index in [-0.39, 0.29) is 5.75 Å². The average Bonchev–Trinajstić information content (AvgIpc) is 3.91. The molecule has 60 heavy (non-hydrogen) atoms. The molecule has 2 N–H and O–H groups in total. The fourth-order valence-electron chi connectivity index (χ4n) is 6.39. The monoisotopic (exact) mass is 868 g/mol. The summed E-state index contributed by atoms with van der Waals surface area (Å²) in [6.07, 6.45) is 11.8. The molecule has 0 radical (unpaired) electrons. The van der Waals surface area contributed by atoms with Crippen molar-refractivity contribution in [3.05, 3.63) is 189 Å². The van der Waals surface area contributed by atoms with Crippen molar-refractivity contribution in [1.82, 2.24) is 19.5 Å². The third-order valence-corrected chi connectivity index (χ3v) is 10.6. The lowest BCUT2D eigenvalue weighted by Crippen LogP contribution is -1.94. The van der Waals surface area contributed by atoms with Crippen molar-refractivity contribution < 1.29 is 9.84 Å². The molecule has 10 heteroatoms. The Labute approximate surface area is 370 Å². The number of hydrogen-bond acceptors (Lipinski definition) is 4. The quantitative estimate of drug-likeness (QED) is 0.136. The number of nitrogens with one attached hydrogen (secondary N) is 1. The molecule has 0 fully saturated rings. The number of hydrogen-bond donors (Lipinski definition) is 2. The number of imidazole rings is 2. The van der Waals surface area contributed by atoms with Crippen LogP contribution >= 0.6 is 46.4 Å². The molecule has 8 aromatic rings. The molecule has 2 heterocycles. The summed E-state index contributed by atoms with van der Waals surface area (Å²) in [7, 11) is 0. The van der Waals surface area contributed by atoms with Crippen LogP contribution in [-0.4, -0.2) is 31.2 Å². The van der Waals surface area contributed by atoms with E-state index in [1.807, 2.05) is 98.1 Å². The molecular formula is C50H40Cl4N4O2. The Bertz CT molecular complexity index is 2740. The number of phenolic OH excluding ortho intramolecular Hbond substituents is 1. The summed E-state index contributed by atoms with van der Waals surface area (Å²) in [4.78, 5) is 12.4. The van der Waals surface area contributed by atoms with E-state index in [1.54, 1.807) is 36.5 Å². The van der Waals surface area contributed by atoms with E-state index in [0.717, 1.165) is 74.3 Å². The number of aromatic nitrogens is 4. The largest absolute Gasteiger partial charge is 0.508 e. The maximum Gasteiger partial charge on any atom is 0.133 e. The second kappa shape index (κ2) is 19.8. The molecule has 0 amide bonds. The van der Waals surface area contributed by atoms with Crippen LogP contribution in [0, 0.1) is 0 Å². The second-order valence-electron chi connectivity index (χ2n) is 13.6. The van der Waals surface area contributed by atoms with Gasteiger partial charge in [0.15, 0.2) is 0 Å². The highest BCUT2D eigenvalue weighted by Crippen LogP contribution is 2.32. The standard InChI is InChI=1S/C27H24Cl2N2O.C23H16Cl2N2O/c1-3-31-18-26(24-15-12-22(28)17-25(24)29)30-27(31)16-7-19-5-8-20(9-6-19)21-10-13-23(14-11-21)32-4-2;24-18-8-11-20(21(25)13-18)22-14-26-23(27-22)12-3-15-1-4-16(5-2-15)17-6-9-19(28)10-7-17/h5-18H,3-4H2,1-2H3;1-14,28H,(H,26,27)/b16-7+;12-3+. The van der Waals surface area contributed by atoms with Gasteiger partial charge in [-0.25, -0.2) is 9.97 Å². The van der Waals surface area contributed by atoms with Gasteiger partial charge in [0.1, 0.15) is 23.1 Å². The Morgan fingerprint density at radius 3 is 1.67 bits per heavy atom. The van der Waals surface area contributed by atoms with E-state index < -0.39 is 0 Å². The third-order valence-electron chi connectivity index (χ3n) is 9.55. The van der Waals surface area contributed by atoms with E-state index in [0.29, 0.717) is 26.7 Å². The minimum atomic E-state index is 0.265. The number of benzene rings is 6. The molecule has 2 aromatic heterocycles. The van der Waals surface area contributed by atoms with Crippen LogP contribution in [0.25, 0.3) is 69.1 Å². The van der Waals surface area contributed by atoms with Crippen molar-refractivity contribution in [3.63, 3.8) is 0 Å². The van der Waals surface area contributed by atoms with Crippen molar-refractivity contribution in [2.24, 2.45) is 0 Å². The van der Waals surface area contributed by atoms with Crippen LogP contribution in [-0.2, 0) is 6.54 Å². The molecule has 0 unspecified atom stereocenters. The highest BCUT2D eigenvalue weighted by Gasteiger charge is 2.11. The zero-order valence-electron chi connectivity index (χ0n) is 32.8. The number of ether oxygens (including phenoxy) is 1. The summed E-state index contributed by atoms with van der Waals surface area (Å²) in [5.74, 6) is 2.77. The summed E-state index contributed by atoms with van der Waals surface area (Å²) >= 11 is 24.6. The molecule has 8 rings (SSSR count). The van der Waals surface area contributed by atoms with Gasteiger partial charge in [-0.15, -0.1) is 0 Å². The smallest absolute Gasteiger partial charge is 0.133 e.